The Bertz CT molecular complexity index is 714. The Morgan fingerprint density at radius 2 is 1.78 bits per heavy atom. The molecule has 0 aliphatic rings. The normalized spacial score (nSPS) is 11.6. The van der Waals surface area contributed by atoms with E-state index >= 15 is 0 Å². The van der Waals surface area contributed by atoms with Gasteiger partial charge in [0.2, 0.25) is 0 Å². The van der Waals surface area contributed by atoms with Crippen LogP contribution in [0.25, 0.3) is 0 Å². The van der Waals surface area contributed by atoms with Crippen molar-refractivity contribution in [1.29, 1.82) is 0 Å². The molecule has 0 spiro atoms. The molecule has 1 N–H and O–H groups in total. The Morgan fingerprint density at radius 1 is 1.09 bits per heavy atom. The third-order valence-electron chi connectivity index (χ3n) is 3.87. The maximum absolute atomic E-state index is 12.5. The number of carbonyl (C=O) groups is 1. The van der Waals surface area contributed by atoms with Crippen LogP contribution in [0.15, 0.2) is 42.5 Å². The predicted octanol–water partition coefficient (Wildman–Crippen LogP) is 6.01. The number of benzene rings is 2. The van der Waals surface area contributed by atoms with E-state index in [1.54, 1.807) is 12.1 Å². The van der Waals surface area contributed by atoms with Crippen molar-refractivity contribution >= 4 is 23.2 Å². The fourth-order valence-electron chi connectivity index (χ4n) is 2.39. The van der Waals surface area contributed by atoms with Crippen LogP contribution in [0.4, 0.5) is 5.69 Å². The van der Waals surface area contributed by atoms with E-state index < -0.39 is 0 Å². The van der Waals surface area contributed by atoms with E-state index in [1.807, 2.05) is 24.3 Å². The number of amides is 1. The van der Waals surface area contributed by atoms with Gasteiger partial charge in [0.15, 0.2) is 0 Å². The number of carbonyl (C=O) groups excluding carboxylic acids is 1. The first-order valence-corrected chi connectivity index (χ1v) is 8.27. The van der Waals surface area contributed by atoms with E-state index in [0.29, 0.717) is 10.6 Å². The van der Waals surface area contributed by atoms with Crippen molar-refractivity contribution in [3.05, 3.63) is 64.2 Å². The van der Waals surface area contributed by atoms with Crippen LogP contribution in [0.1, 0.15) is 62.0 Å². The lowest BCUT2D eigenvalue weighted by Crippen LogP contribution is -2.15. The molecule has 0 saturated carbocycles. The van der Waals surface area contributed by atoms with Gasteiger partial charge in [0.25, 0.3) is 5.91 Å². The Morgan fingerprint density at radius 3 is 2.39 bits per heavy atom. The van der Waals surface area contributed by atoms with Gasteiger partial charge in [-0.3, -0.25) is 4.79 Å². The molecular weight excluding hydrogens is 306 g/mol. The molecule has 0 bridgehead atoms. The van der Waals surface area contributed by atoms with E-state index in [9.17, 15) is 4.79 Å². The fraction of sp³-hybridized carbons (Fsp3) is 0.350. The lowest BCUT2D eigenvalue weighted by atomic mass is 9.87. The molecule has 23 heavy (non-hydrogen) atoms. The summed E-state index contributed by atoms with van der Waals surface area (Å²) in [4.78, 5) is 12.5. The smallest absolute Gasteiger partial charge is 0.255 e. The van der Waals surface area contributed by atoms with Gasteiger partial charge in [0.1, 0.15) is 0 Å². The number of halogens is 1. The fourth-order valence-corrected chi connectivity index (χ4v) is 2.73. The quantitative estimate of drug-likeness (QED) is 0.733. The van der Waals surface area contributed by atoms with Crippen molar-refractivity contribution in [1.82, 2.24) is 0 Å². The van der Waals surface area contributed by atoms with Crippen LogP contribution in [0.5, 0.6) is 0 Å². The summed E-state index contributed by atoms with van der Waals surface area (Å²) in [7, 11) is 0. The number of rotatable bonds is 3. The number of nitrogens with one attached hydrogen (secondary N) is 1. The molecule has 2 aromatic carbocycles. The van der Waals surface area contributed by atoms with E-state index in [2.05, 4.69) is 46.0 Å². The zero-order chi connectivity index (χ0) is 17.2. The van der Waals surface area contributed by atoms with Gasteiger partial charge in [-0.05, 0) is 52.8 Å². The Labute approximate surface area is 143 Å². The maximum atomic E-state index is 12.5. The summed E-state index contributed by atoms with van der Waals surface area (Å²) >= 11 is 6.20. The molecule has 0 aromatic heterocycles. The molecule has 1 amide bonds. The third-order valence-corrected chi connectivity index (χ3v) is 4.21. The van der Waals surface area contributed by atoms with E-state index in [4.69, 9.17) is 11.6 Å². The number of hydrogen-bond donors (Lipinski definition) is 1. The molecule has 0 aliphatic carbocycles. The molecule has 2 rings (SSSR count). The van der Waals surface area contributed by atoms with Crippen LogP contribution >= 0.6 is 11.6 Å². The zero-order valence-electron chi connectivity index (χ0n) is 14.4. The van der Waals surface area contributed by atoms with Crippen LogP contribution < -0.4 is 5.32 Å². The lowest BCUT2D eigenvalue weighted by molar-refractivity contribution is 0.102. The van der Waals surface area contributed by atoms with Crippen LogP contribution in [0.3, 0.4) is 0 Å². The molecule has 2 nitrogen and oxygen atoms in total. The van der Waals surface area contributed by atoms with E-state index in [1.165, 1.54) is 5.56 Å². The minimum atomic E-state index is -0.116. The minimum absolute atomic E-state index is 0.0474. The summed E-state index contributed by atoms with van der Waals surface area (Å²) in [5, 5.41) is 3.67. The Hall–Kier alpha value is -1.80. The molecular formula is C20H24ClNO. The highest BCUT2D eigenvalue weighted by molar-refractivity contribution is 6.31. The van der Waals surface area contributed by atoms with Crippen LogP contribution in [-0.4, -0.2) is 5.91 Å². The van der Waals surface area contributed by atoms with Gasteiger partial charge < -0.3 is 5.32 Å². The molecule has 2 aromatic rings. The van der Waals surface area contributed by atoms with Gasteiger partial charge in [-0.25, -0.2) is 0 Å². The first-order valence-electron chi connectivity index (χ1n) is 7.90. The average molecular weight is 330 g/mol. The van der Waals surface area contributed by atoms with Gasteiger partial charge in [-0.15, -0.1) is 0 Å². The molecule has 0 heterocycles. The number of anilines is 1. The highest BCUT2D eigenvalue weighted by atomic mass is 35.5. The van der Waals surface area contributed by atoms with Gasteiger partial charge in [-0.2, -0.15) is 0 Å². The molecule has 3 heteroatoms. The van der Waals surface area contributed by atoms with Crippen molar-refractivity contribution in [2.75, 3.05) is 5.32 Å². The van der Waals surface area contributed by atoms with Gasteiger partial charge in [-0.1, -0.05) is 58.4 Å². The summed E-state index contributed by atoms with van der Waals surface area (Å²) in [6, 6.07) is 13.4. The first-order chi connectivity index (χ1) is 10.7. The second-order valence-corrected chi connectivity index (χ2v) is 7.58. The van der Waals surface area contributed by atoms with E-state index in [0.717, 1.165) is 11.3 Å². The highest BCUT2D eigenvalue weighted by Gasteiger charge is 2.15. The monoisotopic (exact) mass is 329 g/mol. The maximum Gasteiger partial charge on any atom is 0.255 e. The molecule has 0 aliphatic heterocycles. The molecule has 0 saturated heterocycles. The molecule has 0 radical (unpaired) electrons. The molecule has 0 unspecified atom stereocenters. The van der Waals surface area contributed by atoms with Gasteiger partial charge in [0.05, 0.1) is 0 Å². The third kappa shape index (κ3) is 4.35. The van der Waals surface area contributed by atoms with Crippen LogP contribution in [0, 0.1) is 0 Å². The topological polar surface area (TPSA) is 29.1 Å². The first kappa shape index (κ1) is 17.6. The van der Waals surface area contributed by atoms with Crippen molar-refractivity contribution < 1.29 is 4.79 Å². The summed E-state index contributed by atoms with van der Waals surface area (Å²) in [5.74, 6) is 0.161. The van der Waals surface area contributed by atoms with Crippen molar-refractivity contribution in [3.8, 4) is 0 Å². The summed E-state index contributed by atoms with van der Waals surface area (Å²) in [6.45, 7) is 10.6. The Balaban J connectivity index is 2.25. The molecule has 0 atom stereocenters. The highest BCUT2D eigenvalue weighted by Crippen LogP contribution is 2.27. The second kappa shape index (κ2) is 6.76. The van der Waals surface area contributed by atoms with E-state index in [-0.39, 0.29) is 17.2 Å². The van der Waals surface area contributed by atoms with Gasteiger partial charge in [0, 0.05) is 16.3 Å². The predicted molar refractivity (Wildman–Crippen MR) is 98.6 cm³/mol. The largest absolute Gasteiger partial charge is 0.322 e. The second-order valence-electron chi connectivity index (χ2n) is 7.18. The average Bonchev–Trinajstić information content (AvgIpc) is 2.46. The lowest BCUT2D eigenvalue weighted by Gasteiger charge is -2.20. The van der Waals surface area contributed by atoms with Crippen molar-refractivity contribution in [2.24, 2.45) is 0 Å². The molecule has 0 fully saturated rings. The van der Waals surface area contributed by atoms with Crippen LogP contribution in [-0.2, 0) is 5.41 Å². The van der Waals surface area contributed by atoms with Crippen molar-refractivity contribution in [2.45, 2.75) is 46.0 Å². The van der Waals surface area contributed by atoms with Gasteiger partial charge >= 0.3 is 0 Å². The molecule has 122 valence electrons. The summed E-state index contributed by atoms with van der Waals surface area (Å²) in [5.41, 5.74) is 3.66. The SMILES string of the molecule is CC(C)c1cc(C(=O)Nc2cccc(C(C)(C)C)c2)ccc1Cl. The zero-order valence-corrected chi connectivity index (χ0v) is 15.2. The minimum Gasteiger partial charge on any atom is -0.322 e. The Kier molecular flexibility index (Phi) is 5.16. The van der Waals surface area contributed by atoms with Crippen molar-refractivity contribution in [3.63, 3.8) is 0 Å². The number of hydrogen-bond acceptors (Lipinski definition) is 1. The summed E-state index contributed by atoms with van der Waals surface area (Å²) in [6.07, 6.45) is 0. The standard InChI is InChI=1S/C20H24ClNO/c1-13(2)17-11-14(9-10-18(17)21)19(23)22-16-8-6-7-15(12-16)20(3,4)5/h6-13H,1-5H3,(H,22,23). The van der Waals surface area contributed by atoms with Crippen LogP contribution in [0.2, 0.25) is 5.02 Å². The summed E-state index contributed by atoms with van der Waals surface area (Å²) < 4.78 is 0.